The Kier molecular flexibility index (Phi) is 4.01. The van der Waals surface area contributed by atoms with Gasteiger partial charge in [0.1, 0.15) is 6.04 Å². The Balaban J connectivity index is 1.53. The molecule has 0 spiro atoms. The highest BCUT2D eigenvalue weighted by Gasteiger charge is 2.53. The van der Waals surface area contributed by atoms with Gasteiger partial charge >= 0.3 is 5.97 Å². The zero-order valence-electron chi connectivity index (χ0n) is 13.8. The van der Waals surface area contributed by atoms with Crippen molar-refractivity contribution in [2.45, 2.75) is 56.5 Å². The van der Waals surface area contributed by atoms with Gasteiger partial charge in [0, 0.05) is 12.0 Å². The first-order valence-electron chi connectivity index (χ1n) is 8.97. The number of aliphatic carboxylic acids is 1. The minimum absolute atomic E-state index is 0.0218. The van der Waals surface area contributed by atoms with Gasteiger partial charge < -0.3 is 10.0 Å². The monoisotopic (exact) mass is 349 g/mol. The highest BCUT2D eigenvalue weighted by atomic mass is 19.2. The second kappa shape index (κ2) is 6.07. The number of carboxylic acid groups (broad SMARTS) is 1. The summed E-state index contributed by atoms with van der Waals surface area (Å²) in [7, 11) is 0. The van der Waals surface area contributed by atoms with E-state index in [1.807, 2.05) is 0 Å². The molecule has 134 valence electrons. The quantitative estimate of drug-likeness (QED) is 0.911. The molecule has 0 radical (unpaired) electrons. The Morgan fingerprint density at radius 2 is 1.84 bits per heavy atom. The van der Waals surface area contributed by atoms with Gasteiger partial charge in [0.05, 0.1) is 0 Å². The van der Waals surface area contributed by atoms with Gasteiger partial charge in [-0.3, -0.25) is 4.79 Å². The molecule has 6 heteroatoms. The predicted octanol–water partition coefficient (Wildman–Crippen LogP) is 3.31. The fourth-order valence-corrected chi connectivity index (χ4v) is 4.77. The molecule has 1 N–H and O–H groups in total. The van der Waals surface area contributed by atoms with Crippen molar-refractivity contribution in [3.05, 3.63) is 35.4 Å². The van der Waals surface area contributed by atoms with Gasteiger partial charge in [0.15, 0.2) is 11.6 Å². The lowest BCUT2D eigenvalue weighted by Gasteiger charge is -2.33. The summed E-state index contributed by atoms with van der Waals surface area (Å²) < 4.78 is 26.5. The standard InChI is InChI=1S/C19H21F2NO3/c20-14-6-5-10(7-15(14)21)12-9-13(12)18(23)22-16-4-2-1-3-11(16)8-17(22)19(24)25/h5-7,11-13,16-17H,1-4,8-9H2,(H,24,25). The van der Waals surface area contributed by atoms with Gasteiger partial charge in [-0.05, 0) is 55.2 Å². The van der Waals surface area contributed by atoms with Crippen LogP contribution in [-0.4, -0.2) is 34.0 Å². The van der Waals surface area contributed by atoms with E-state index >= 15 is 0 Å². The van der Waals surface area contributed by atoms with Crippen molar-refractivity contribution in [3.8, 4) is 0 Å². The maximum absolute atomic E-state index is 13.4. The molecular weight excluding hydrogens is 328 g/mol. The zero-order valence-corrected chi connectivity index (χ0v) is 13.8. The summed E-state index contributed by atoms with van der Waals surface area (Å²) in [6, 6.07) is 3.02. The van der Waals surface area contributed by atoms with Crippen molar-refractivity contribution < 1.29 is 23.5 Å². The number of carbonyl (C=O) groups is 2. The Labute approximate surface area is 144 Å². The smallest absolute Gasteiger partial charge is 0.326 e. The van der Waals surface area contributed by atoms with Crippen LogP contribution in [0.15, 0.2) is 18.2 Å². The number of nitrogens with zero attached hydrogens (tertiary/aromatic N) is 1. The number of rotatable bonds is 3. The van der Waals surface area contributed by atoms with Crippen LogP contribution in [0, 0.1) is 23.5 Å². The molecule has 2 saturated carbocycles. The molecule has 0 aromatic heterocycles. The van der Waals surface area contributed by atoms with Crippen molar-refractivity contribution in [3.63, 3.8) is 0 Å². The van der Waals surface area contributed by atoms with Crippen LogP contribution in [0.5, 0.6) is 0 Å². The highest BCUT2D eigenvalue weighted by molar-refractivity contribution is 5.88. The van der Waals surface area contributed by atoms with Crippen molar-refractivity contribution in [1.82, 2.24) is 4.90 Å². The van der Waals surface area contributed by atoms with Crippen LogP contribution in [-0.2, 0) is 9.59 Å². The molecule has 0 bridgehead atoms. The molecule has 4 nitrogen and oxygen atoms in total. The summed E-state index contributed by atoms with van der Waals surface area (Å²) in [4.78, 5) is 26.3. The fraction of sp³-hybridized carbons (Fsp3) is 0.579. The first-order valence-corrected chi connectivity index (χ1v) is 8.97. The molecule has 5 atom stereocenters. The van der Waals surface area contributed by atoms with Crippen LogP contribution < -0.4 is 0 Å². The number of carboxylic acids is 1. The van der Waals surface area contributed by atoms with Gasteiger partial charge in [0.25, 0.3) is 0 Å². The SMILES string of the molecule is O=C(O)C1CC2CCCCC2N1C(=O)C1CC1c1ccc(F)c(F)c1. The first-order chi connectivity index (χ1) is 12.0. The summed E-state index contributed by atoms with van der Waals surface area (Å²) in [5.74, 6) is -3.05. The molecule has 1 aromatic rings. The normalized spacial score (nSPS) is 33.8. The number of benzene rings is 1. The summed E-state index contributed by atoms with van der Waals surface area (Å²) in [6.07, 6.45) is 5.07. The largest absolute Gasteiger partial charge is 0.480 e. The second-order valence-electron chi connectivity index (χ2n) is 7.57. The van der Waals surface area contributed by atoms with E-state index in [1.54, 1.807) is 4.90 Å². The molecule has 1 aromatic carbocycles. The van der Waals surface area contributed by atoms with Gasteiger partial charge in [-0.25, -0.2) is 13.6 Å². The van der Waals surface area contributed by atoms with Gasteiger partial charge in [-0.2, -0.15) is 0 Å². The number of carbonyl (C=O) groups excluding carboxylic acids is 1. The van der Waals surface area contributed by atoms with Crippen LogP contribution in [0.1, 0.15) is 50.0 Å². The molecule has 2 aliphatic carbocycles. The Bertz CT molecular complexity index is 723. The van der Waals surface area contributed by atoms with Crippen LogP contribution >= 0.6 is 0 Å². The average molecular weight is 349 g/mol. The van der Waals surface area contributed by atoms with E-state index in [0.717, 1.165) is 37.8 Å². The molecular formula is C19H21F2NO3. The average Bonchev–Trinajstić information content (AvgIpc) is 3.29. The number of hydrogen-bond donors (Lipinski definition) is 1. The Morgan fingerprint density at radius 3 is 2.56 bits per heavy atom. The molecule has 1 amide bonds. The fourth-order valence-electron chi connectivity index (χ4n) is 4.77. The van der Waals surface area contributed by atoms with Crippen LogP contribution in [0.2, 0.25) is 0 Å². The summed E-state index contributed by atoms with van der Waals surface area (Å²) in [5.41, 5.74) is 0.614. The lowest BCUT2D eigenvalue weighted by Crippen LogP contribution is -2.47. The van der Waals surface area contributed by atoms with Crippen molar-refractivity contribution in [2.75, 3.05) is 0 Å². The van der Waals surface area contributed by atoms with Gasteiger partial charge in [0.2, 0.25) is 5.91 Å². The molecule has 3 aliphatic rings. The molecule has 1 saturated heterocycles. The van der Waals surface area contributed by atoms with Crippen LogP contribution in [0.25, 0.3) is 0 Å². The number of fused-ring (bicyclic) bond motifs is 1. The van der Waals surface area contributed by atoms with E-state index in [9.17, 15) is 23.5 Å². The molecule has 1 heterocycles. The number of amides is 1. The van der Waals surface area contributed by atoms with E-state index in [1.165, 1.54) is 6.07 Å². The summed E-state index contributed by atoms with van der Waals surface area (Å²) >= 11 is 0. The van der Waals surface area contributed by atoms with Gasteiger partial charge in [-0.15, -0.1) is 0 Å². The topological polar surface area (TPSA) is 57.6 Å². The van der Waals surface area contributed by atoms with Crippen molar-refractivity contribution >= 4 is 11.9 Å². The lowest BCUT2D eigenvalue weighted by molar-refractivity contribution is -0.150. The van der Waals surface area contributed by atoms with E-state index in [-0.39, 0.29) is 29.7 Å². The maximum Gasteiger partial charge on any atom is 0.326 e. The van der Waals surface area contributed by atoms with Gasteiger partial charge in [-0.1, -0.05) is 18.9 Å². The maximum atomic E-state index is 13.4. The minimum atomic E-state index is -0.937. The zero-order chi connectivity index (χ0) is 17.7. The molecule has 1 aliphatic heterocycles. The van der Waals surface area contributed by atoms with Crippen LogP contribution in [0.4, 0.5) is 8.78 Å². The molecule has 3 fully saturated rings. The van der Waals surface area contributed by atoms with E-state index in [0.29, 0.717) is 18.4 Å². The van der Waals surface area contributed by atoms with E-state index in [2.05, 4.69) is 0 Å². The molecule has 5 unspecified atom stereocenters. The lowest BCUT2D eigenvalue weighted by atomic mass is 9.84. The van der Waals surface area contributed by atoms with E-state index < -0.39 is 23.6 Å². The summed E-state index contributed by atoms with van der Waals surface area (Å²) in [6.45, 7) is 0. The second-order valence-corrected chi connectivity index (χ2v) is 7.57. The third kappa shape index (κ3) is 2.81. The number of halogens is 2. The molecule has 25 heavy (non-hydrogen) atoms. The van der Waals surface area contributed by atoms with Crippen molar-refractivity contribution in [2.24, 2.45) is 11.8 Å². The highest BCUT2D eigenvalue weighted by Crippen LogP contribution is 2.51. The minimum Gasteiger partial charge on any atom is -0.480 e. The Morgan fingerprint density at radius 1 is 1.08 bits per heavy atom. The third-order valence-electron chi connectivity index (χ3n) is 6.11. The molecule has 4 rings (SSSR count). The third-order valence-corrected chi connectivity index (χ3v) is 6.11. The summed E-state index contributed by atoms with van der Waals surface area (Å²) in [5, 5.41) is 9.55. The first kappa shape index (κ1) is 16.5. The number of hydrogen-bond acceptors (Lipinski definition) is 2. The van der Waals surface area contributed by atoms with Crippen molar-refractivity contribution in [1.29, 1.82) is 0 Å². The predicted molar refractivity (Wildman–Crippen MR) is 85.8 cm³/mol. The van der Waals surface area contributed by atoms with Crippen LogP contribution in [0.3, 0.4) is 0 Å². The van der Waals surface area contributed by atoms with E-state index in [4.69, 9.17) is 0 Å². The Hall–Kier alpha value is -1.98. The number of likely N-dealkylation sites (tertiary alicyclic amines) is 1.